The van der Waals surface area contributed by atoms with E-state index in [2.05, 4.69) is 0 Å². The first-order chi connectivity index (χ1) is 9.08. The number of carbonyl (C=O) groups is 1. The molecular weight excluding hydrogens is 283 g/mol. The van der Waals surface area contributed by atoms with Crippen LogP contribution in [0.25, 0.3) is 0 Å². The molecule has 2 rings (SSSR count). The highest BCUT2D eigenvalue weighted by molar-refractivity contribution is 6.35. The number of aryl methyl sites for hydroxylation is 2. The van der Waals surface area contributed by atoms with Gasteiger partial charge in [0.15, 0.2) is 0 Å². The van der Waals surface area contributed by atoms with Crippen molar-refractivity contribution in [2.45, 2.75) is 12.8 Å². The number of benzene rings is 2. The van der Waals surface area contributed by atoms with Crippen LogP contribution in [0, 0.1) is 0 Å². The average Bonchev–Trinajstić information content (AvgIpc) is 2.38. The van der Waals surface area contributed by atoms with E-state index < -0.39 is 5.97 Å². The Hall–Kier alpha value is -1.51. The SMILES string of the molecule is O=C(O)c1ccccc1CCc1ccc(Cl)cc1Cl. The van der Waals surface area contributed by atoms with Crippen LogP contribution in [0.2, 0.25) is 10.0 Å². The Kier molecular flexibility index (Phi) is 4.46. The van der Waals surface area contributed by atoms with Gasteiger partial charge in [0.1, 0.15) is 0 Å². The van der Waals surface area contributed by atoms with Crippen molar-refractivity contribution in [1.82, 2.24) is 0 Å². The molecule has 0 radical (unpaired) electrons. The fourth-order valence-electron chi connectivity index (χ4n) is 1.94. The Bertz CT molecular complexity index is 609. The summed E-state index contributed by atoms with van der Waals surface area (Å²) in [7, 11) is 0. The number of carboxylic acids is 1. The lowest BCUT2D eigenvalue weighted by molar-refractivity contribution is 0.0695. The highest BCUT2D eigenvalue weighted by Gasteiger charge is 2.09. The Balaban J connectivity index is 2.17. The molecule has 2 nitrogen and oxygen atoms in total. The number of carboxylic acid groups (broad SMARTS) is 1. The lowest BCUT2D eigenvalue weighted by atomic mass is 10.00. The van der Waals surface area contributed by atoms with Gasteiger partial charge in [-0.3, -0.25) is 0 Å². The number of hydrogen-bond donors (Lipinski definition) is 1. The topological polar surface area (TPSA) is 37.3 Å². The predicted molar refractivity (Wildman–Crippen MR) is 77.3 cm³/mol. The molecular formula is C15H12Cl2O2. The van der Waals surface area contributed by atoms with Gasteiger partial charge in [-0.05, 0) is 42.2 Å². The highest BCUT2D eigenvalue weighted by Crippen LogP contribution is 2.23. The zero-order valence-electron chi connectivity index (χ0n) is 10.1. The highest BCUT2D eigenvalue weighted by atomic mass is 35.5. The van der Waals surface area contributed by atoms with Crippen molar-refractivity contribution in [3.63, 3.8) is 0 Å². The molecule has 2 aromatic rings. The number of aromatic carboxylic acids is 1. The van der Waals surface area contributed by atoms with Gasteiger partial charge in [-0.1, -0.05) is 47.5 Å². The molecule has 19 heavy (non-hydrogen) atoms. The zero-order chi connectivity index (χ0) is 13.8. The second-order valence-electron chi connectivity index (χ2n) is 4.20. The van der Waals surface area contributed by atoms with E-state index >= 15 is 0 Å². The van der Waals surface area contributed by atoms with Gasteiger partial charge in [-0.25, -0.2) is 4.79 Å². The smallest absolute Gasteiger partial charge is 0.335 e. The molecule has 4 heteroatoms. The van der Waals surface area contributed by atoms with Gasteiger partial charge in [-0.15, -0.1) is 0 Å². The van der Waals surface area contributed by atoms with E-state index in [4.69, 9.17) is 28.3 Å². The van der Waals surface area contributed by atoms with Crippen molar-refractivity contribution in [2.24, 2.45) is 0 Å². The fourth-order valence-corrected chi connectivity index (χ4v) is 2.44. The van der Waals surface area contributed by atoms with Gasteiger partial charge in [-0.2, -0.15) is 0 Å². The maximum atomic E-state index is 11.1. The summed E-state index contributed by atoms with van der Waals surface area (Å²) in [6.45, 7) is 0. The molecule has 0 aliphatic rings. The molecule has 0 unspecified atom stereocenters. The third-order valence-electron chi connectivity index (χ3n) is 2.93. The lowest BCUT2D eigenvalue weighted by Gasteiger charge is -2.07. The summed E-state index contributed by atoms with van der Waals surface area (Å²) in [5, 5.41) is 10.3. The van der Waals surface area contributed by atoms with E-state index in [0.717, 1.165) is 11.1 Å². The van der Waals surface area contributed by atoms with Crippen LogP contribution >= 0.6 is 23.2 Å². The third-order valence-corrected chi connectivity index (χ3v) is 3.51. The van der Waals surface area contributed by atoms with E-state index in [0.29, 0.717) is 28.5 Å². The summed E-state index contributed by atoms with van der Waals surface area (Å²) in [4.78, 5) is 11.1. The quantitative estimate of drug-likeness (QED) is 0.903. The molecule has 98 valence electrons. The summed E-state index contributed by atoms with van der Waals surface area (Å²) in [6.07, 6.45) is 1.31. The molecule has 2 aromatic carbocycles. The van der Waals surface area contributed by atoms with Crippen LogP contribution in [0.4, 0.5) is 0 Å². The Morgan fingerprint density at radius 2 is 1.68 bits per heavy atom. The minimum atomic E-state index is -0.905. The van der Waals surface area contributed by atoms with Crippen LogP contribution in [0.5, 0.6) is 0 Å². The largest absolute Gasteiger partial charge is 0.478 e. The van der Waals surface area contributed by atoms with Gasteiger partial charge in [0.2, 0.25) is 0 Å². The molecule has 0 amide bonds. The van der Waals surface area contributed by atoms with E-state index in [1.165, 1.54) is 0 Å². The van der Waals surface area contributed by atoms with Crippen LogP contribution in [0.15, 0.2) is 42.5 Å². The maximum Gasteiger partial charge on any atom is 0.335 e. The molecule has 0 aromatic heterocycles. The second-order valence-corrected chi connectivity index (χ2v) is 5.04. The first-order valence-electron chi connectivity index (χ1n) is 5.83. The zero-order valence-corrected chi connectivity index (χ0v) is 11.6. The van der Waals surface area contributed by atoms with E-state index in [-0.39, 0.29) is 0 Å². The Labute approximate surface area is 121 Å². The van der Waals surface area contributed by atoms with Crippen molar-refractivity contribution in [3.05, 3.63) is 69.2 Å². The Morgan fingerprint density at radius 3 is 2.37 bits per heavy atom. The molecule has 0 bridgehead atoms. The number of rotatable bonds is 4. The molecule has 0 saturated carbocycles. The third kappa shape index (κ3) is 3.49. The van der Waals surface area contributed by atoms with Gasteiger partial charge in [0.25, 0.3) is 0 Å². The first kappa shape index (κ1) is 13.9. The van der Waals surface area contributed by atoms with E-state index in [1.807, 2.05) is 18.2 Å². The summed E-state index contributed by atoms with van der Waals surface area (Å²) < 4.78 is 0. The molecule has 0 aliphatic carbocycles. The average molecular weight is 295 g/mol. The predicted octanol–water partition coefficient (Wildman–Crippen LogP) is 4.48. The van der Waals surface area contributed by atoms with Crippen LogP contribution < -0.4 is 0 Å². The van der Waals surface area contributed by atoms with Crippen LogP contribution in [0.1, 0.15) is 21.5 Å². The number of hydrogen-bond acceptors (Lipinski definition) is 1. The standard InChI is InChI=1S/C15H12Cl2O2/c16-12-8-7-11(14(17)9-12)6-5-10-3-1-2-4-13(10)15(18)19/h1-4,7-9H,5-6H2,(H,18,19). The van der Waals surface area contributed by atoms with Crippen molar-refractivity contribution < 1.29 is 9.90 Å². The first-order valence-corrected chi connectivity index (χ1v) is 6.58. The molecule has 0 atom stereocenters. The maximum absolute atomic E-state index is 11.1. The Morgan fingerprint density at radius 1 is 1.00 bits per heavy atom. The van der Waals surface area contributed by atoms with Gasteiger partial charge >= 0.3 is 5.97 Å². The molecule has 0 saturated heterocycles. The molecule has 0 aliphatic heterocycles. The lowest BCUT2D eigenvalue weighted by Crippen LogP contribution is -2.03. The van der Waals surface area contributed by atoms with Crippen LogP contribution in [-0.4, -0.2) is 11.1 Å². The van der Waals surface area contributed by atoms with Crippen molar-refractivity contribution >= 4 is 29.2 Å². The van der Waals surface area contributed by atoms with Crippen molar-refractivity contribution in [3.8, 4) is 0 Å². The van der Waals surface area contributed by atoms with Crippen LogP contribution in [0.3, 0.4) is 0 Å². The summed E-state index contributed by atoms with van der Waals surface area (Å²) in [6, 6.07) is 12.4. The van der Waals surface area contributed by atoms with Crippen molar-refractivity contribution in [2.75, 3.05) is 0 Å². The molecule has 0 spiro atoms. The van der Waals surface area contributed by atoms with Crippen molar-refractivity contribution in [1.29, 1.82) is 0 Å². The molecule has 1 N–H and O–H groups in total. The molecule has 0 heterocycles. The normalized spacial score (nSPS) is 10.4. The van der Waals surface area contributed by atoms with Gasteiger partial charge in [0.05, 0.1) is 5.56 Å². The summed E-state index contributed by atoms with van der Waals surface area (Å²) in [5.74, 6) is -0.905. The van der Waals surface area contributed by atoms with Crippen LogP contribution in [-0.2, 0) is 12.8 Å². The van der Waals surface area contributed by atoms with Gasteiger partial charge < -0.3 is 5.11 Å². The van der Waals surface area contributed by atoms with E-state index in [9.17, 15) is 4.79 Å². The molecule has 0 fully saturated rings. The summed E-state index contributed by atoms with van der Waals surface area (Å²) in [5.41, 5.74) is 2.11. The monoisotopic (exact) mass is 294 g/mol. The minimum absolute atomic E-state index is 0.340. The van der Waals surface area contributed by atoms with E-state index in [1.54, 1.807) is 24.3 Å². The van der Waals surface area contributed by atoms with Gasteiger partial charge in [0, 0.05) is 10.0 Å². The summed E-state index contributed by atoms with van der Waals surface area (Å²) >= 11 is 11.9. The fraction of sp³-hybridized carbons (Fsp3) is 0.133. The number of halogens is 2. The minimum Gasteiger partial charge on any atom is -0.478 e. The second kappa shape index (κ2) is 6.09.